The molecule has 0 aliphatic carbocycles. The van der Waals surface area contributed by atoms with E-state index in [-0.39, 0.29) is 0 Å². The summed E-state index contributed by atoms with van der Waals surface area (Å²) in [6.07, 6.45) is 4.55. The maximum atomic E-state index is 4.08. The molecular weight excluding hydrogens is 240 g/mol. The highest BCUT2D eigenvalue weighted by Gasteiger charge is 1.93. The standard InChI is InChI=1S/C11H13BrN2/c1-2-3-4-5-13-7-10-6-11(12)9-14-8-10/h6,8-9,13H,4-5,7H2,1H3. The van der Waals surface area contributed by atoms with Crippen LogP contribution >= 0.6 is 15.9 Å². The highest BCUT2D eigenvalue weighted by Crippen LogP contribution is 2.08. The summed E-state index contributed by atoms with van der Waals surface area (Å²) < 4.78 is 1.02. The third-order valence-electron chi connectivity index (χ3n) is 1.69. The van der Waals surface area contributed by atoms with Crippen molar-refractivity contribution >= 4 is 15.9 Å². The van der Waals surface area contributed by atoms with Gasteiger partial charge in [0.1, 0.15) is 0 Å². The van der Waals surface area contributed by atoms with Crippen LogP contribution in [-0.2, 0) is 6.54 Å². The van der Waals surface area contributed by atoms with Gasteiger partial charge in [0.05, 0.1) is 0 Å². The van der Waals surface area contributed by atoms with Crippen molar-refractivity contribution in [2.24, 2.45) is 0 Å². The molecule has 74 valence electrons. The Labute approximate surface area is 93.3 Å². The van der Waals surface area contributed by atoms with Crippen LogP contribution in [0.1, 0.15) is 18.9 Å². The second kappa shape index (κ2) is 6.58. The van der Waals surface area contributed by atoms with Crippen LogP contribution < -0.4 is 5.32 Å². The molecule has 3 heteroatoms. The minimum atomic E-state index is 0.845. The first-order valence-electron chi connectivity index (χ1n) is 4.52. The summed E-state index contributed by atoms with van der Waals surface area (Å²) in [6, 6.07) is 2.06. The lowest BCUT2D eigenvalue weighted by molar-refractivity contribution is 0.699. The third-order valence-corrected chi connectivity index (χ3v) is 2.13. The lowest BCUT2D eigenvalue weighted by atomic mass is 10.3. The smallest absolute Gasteiger partial charge is 0.0410 e. The fourth-order valence-electron chi connectivity index (χ4n) is 1.06. The average Bonchev–Trinajstić information content (AvgIpc) is 2.18. The van der Waals surface area contributed by atoms with Crippen LogP contribution in [0.25, 0.3) is 0 Å². The Morgan fingerprint density at radius 1 is 1.50 bits per heavy atom. The predicted molar refractivity (Wildman–Crippen MR) is 61.7 cm³/mol. The lowest BCUT2D eigenvalue weighted by Crippen LogP contribution is -2.14. The summed E-state index contributed by atoms with van der Waals surface area (Å²) in [5.41, 5.74) is 1.18. The average molecular weight is 253 g/mol. The molecule has 0 saturated heterocycles. The first-order valence-corrected chi connectivity index (χ1v) is 5.32. The molecular formula is C11H13BrN2. The Hall–Kier alpha value is -0.850. The predicted octanol–water partition coefficient (Wildman–Crippen LogP) is 2.35. The largest absolute Gasteiger partial charge is 0.312 e. The van der Waals surface area contributed by atoms with Crippen molar-refractivity contribution < 1.29 is 0 Å². The number of pyridine rings is 1. The van der Waals surface area contributed by atoms with Crippen molar-refractivity contribution in [3.63, 3.8) is 0 Å². The summed E-state index contributed by atoms with van der Waals surface area (Å²) in [5, 5.41) is 3.30. The van der Waals surface area contributed by atoms with E-state index < -0.39 is 0 Å². The molecule has 1 heterocycles. The third kappa shape index (κ3) is 4.40. The normalized spacial score (nSPS) is 9.29. The highest BCUT2D eigenvalue weighted by atomic mass is 79.9. The van der Waals surface area contributed by atoms with Gasteiger partial charge in [-0.1, -0.05) is 0 Å². The van der Waals surface area contributed by atoms with Crippen molar-refractivity contribution in [1.82, 2.24) is 10.3 Å². The van der Waals surface area contributed by atoms with Gasteiger partial charge in [-0.25, -0.2) is 0 Å². The molecule has 0 unspecified atom stereocenters. The van der Waals surface area contributed by atoms with Crippen LogP contribution in [-0.4, -0.2) is 11.5 Å². The number of aromatic nitrogens is 1. The molecule has 0 aromatic carbocycles. The van der Waals surface area contributed by atoms with Gasteiger partial charge in [-0.15, -0.1) is 11.8 Å². The van der Waals surface area contributed by atoms with Crippen LogP contribution in [0.5, 0.6) is 0 Å². The molecule has 1 aromatic rings. The Morgan fingerprint density at radius 2 is 2.36 bits per heavy atom. The van der Waals surface area contributed by atoms with E-state index in [1.165, 1.54) is 5.56 Å². The number of hydrogen-bond donors (Lipinski definition) is 1. The van der Waals surface area contributed by atoms with E-state index in [1.54, 1.807) is 6.20 Å². The zero-order valence-electron chi connectivity index (χ0n) is 8.18. The van der Waals surface area contributed by atoms with Gasteiger partial charge in [0, 0.05) is 36.4 Å². The molecule has 2 nitrogen and oxygen atoms in total. The van der Waals surface area contributed by atoms with Crippen LogP contribution in [0.15, 0.2) is 22.9 Å². The molecule has 0 amide bonds. The molecule has 0 radical (unpaired) electrons. The molecule has 0 atom stereocenters. The lowest BCUT2D eigenvalue weighted by Gasteiger charge is -2.02. The Morgan fingerprint density at radius 3 is 3.07 bits per heavy atom. The van der Waals surface area contributed by atoms with Gasteiger partial charge in [0.25, 0.3) is 0 Å². The molecule has 1 N–H and O–H groups in total. The molecule has 1 aromatic heterocycles. The molecule has 0 fully saturated rings. The zero-order chi connectivity index (χ0) is 10.2. The summed E-state index contributed by atoms with van der Waals surface area (Å²) in [7, 11) is 0. The van der Waals surface area contributed by atoms with E-state index in [9.17, 15) is 0 Å². The summed E-state index contributed by atoms with van der Waals surface area (Å²) >= 11 is 3.38. The summed E-state index contributed by atoms with van der Waals surface area (Å²) in [6.45, 7) is 3.63. The van der Waals surface area contributed by atoms with E-state index in [0.29, 0.717) is 0 Å². The van der Waals surface area contributed by atoms with Crippen molar-refractivity contribution in [3.05, 3.63) is 28.5 Å². The Bertz CT molecular complexity index is 339. The van der Waals surface area contributed by atoms with Crippen LogP contribution in [0.2, 0.25) is 0 Å². The Kier molecular flexibility index (Phi) is 5.28. The first-order chi connectivity index (χ1) is 6.83. The van der Waals surface area contributed by atoms with Crippen LogP contribution in [0.3, 0.4) is 0 Å². The van der Waals surface area contributed by atoms with E-state index >= 15 is 0 Å². The Balaban J connectivity index is 2.27. The number of nitrogens with one attached hydrogen (secondary N) is 1. The van der Waals surface area contributed by atoms with Gasteiger partial charge in [-0.2, -0.15) is 0 Å². The maximum Gasteiger partial charge on any atom is 0.0410 e. The van der Waals surface area contributed by atoms with E-state index in [4.69, 9.17) is 0 Å². The van der Waals surface area contributed by atoms with E-state index in [0.717, 1.165) is 24.0 Å². The molecule has 0 bridgehead atoms. The molecule has 1 rings (SSSR count). The van der Waals surface area contributed by atoms with Gasteiger partial charge in [0.2, 0.25) is 0 Å². The van der Waals surface area contributed by atoms with Gasteiger partial charge < -0.3 is 5.32 Å². The molecule has 0 spiro atoms. The minimum absolute atomic E-state index is 0.845. The summed E-state index contributed by atoms with van der Waals surface area (Å²) in [5.74, 6) is 5.87. The van der Waals surface area contributed by atoms with E-state index in [2.05, 4.69) is 44.1 Å². The van der Waals surface area contributed by atoms with Crippen molar-refractivity contribution in [1.29, 1.82) is 0 Å². The van der Waals surface area contributed by atoms with Crippen molar-refractivity contribution in [2.75, 3.05) is 6.54 Å². The molecule has 0 aliphatic heterocycles. The zero-order valence-corrected chi connectivity index (χ0v) is 9.76. The number of nitrogens with zero attached hydrogens (tertiary/aromatic N) is 1. The fraction of sp³-hybridized carbons (Fsp3) is 0.364. The molecule has 0 aliphatic rings. The van der Waals surface area contributed by atoms with Crippen LogP contribution in [0.4, 0.5) is 0 Å². The summed E-state index contributed by atoms with van der Waals surface area (Å²) in [4.78, 5) is 4.08. The fourth-order valence-corrected chi connectivity index (χ4v) is 1.47. The van der Waals surface area contributed by atoms with E-state index in [1.807, 2.05) is 13.1 Å². The van der Waals surface area contributed by atoms with Crippen LogP contribution in [0, 0.1) is 11.8 Å². The number of rotatable bonds is 4. The molecule has 0 saturated carbocycles. The van der Waals surface area contributed by atoms with Gasteiger partial charge >= 0.3 is 0 Å². The topological polar surface area (TPSA) is 24.9 Å². The second-order valence-electron chi connectivity index (χ2n) is 2.86. The SMILES string of the molecule is CC#CCCNCc1cncc(Br)c1. The highest BCUT2D eigenvalue weighted by molar-refractivity contribution is 9.10. The van der Waals surface area contributed by atoms with Crippen molar-refractivity contribution in [3.8, 4) is 11.8 Å². The first kappa shape index (κ1) is 11.2. The van der Waals surface area contributed by atoms with Gasteiger partial charge in [-0.05, 0) is 34.5 Å². The second-order valence-corrected chi connectivity index (χ2v) is 3.78. The quantitative estimate of drug-likeness (QED) is 0.658. The monoisotopic (exact) mass is 252 g/mol. The number of hydrogen-bond acceptors (Lipinski definition) is 2. The molecule has 14 heavy (non-hydrogen) atoms. The minimum Gasteiger partial charge on any atom is -0.312 e. The van der Waals surface area contributed by atoms with Gasteiger partial charge in [-0.3, -0.25) is 4.98 Å². The van der Waals surface area contributed by atoms with Crippen molar-refractivity contribution in [2.45, 2.75) is 19.9 Å². The maximum absolute atomic E-state index is 4.08. The number of halogens is 1. The van der Waals surface area contributed by atoms with Gasteiger partial charge in [0.15, 0.2) is 0 Å².